The number of aryl methyl sites for hydroxylation is 2. The van der Waals surface area contributed by atoms with Crippen LogP contribution in [0.2, 0.25) is 5.02 Å². The molecular weight excluding hydrogens is 442 g/mol. The van der Waals surface area contributed by atoms with Gasteiger partial charge in [0, 0.05) is 33.7 Å². The smallest absolute Gasteiger partial charge is 0.243 e. The summed E-state index contributed by atoms with van der Waals surface area (Å²) >= 11 is 6.07. The van der Waals surface area contributed by atoms with Crippen molar-refractivity contribution in [3.8, 4) is 22.4 Å². The quantitative estimate of drug-likeness (QED) is 0.331. The highest BCUT2D eigenvalue weighted by Crippen LogP contribution is 2.36. The van der Waals surface area contributed by atoms with E-state index in [4.69, 9.17) is 16.7 Å². The predicted molar refractivity (Wildman–Crippen MR) is 128 cm³/mol. The first kappa shape index (κ1) is 20.5. The molecule has 0 aliphatic rings. The van der Waals surface area contributed by atoms with Gasteiger partial charge in [0.15, 0.2) is 0 Å². The summed E-state index contributed by atoms with van der Waals surface area (Å²) in [6.45, 7) is 3.58. The summed E-state index contributed by atoms with van der Waals surface area (Å²) in [6.07, 6.45) is 1.90. The first-order valence-electron chi connectivity index (χ1n) is 10.1. The van der Waals surface area contributed by atoms with Gasteiger partial charge in [0.25, 0.3) is 10.0 Å². The molecule has 0 aliphatic heterocycles. The van der Waals surface area contributed by atoms with Crippen LogP contribution in [0.25, 0.3) is 27.9 Å². The molecule has 5 aromatic rings. The lowest BCUT2D eigenvalue weighted by molar-refractivity contribution is 0.585. The van der Waals surface area contributed by atoms with Crippen molar-refractivity contribution in [1.82, 2.24) is 13.6 Å². The van der Waals surface area contributed by atoms with E-state index in [0.29, 0.717) is 16.4 Å². The van der Waals surface area contributed by atoms with E-state index in [2.05, 4.69) is 0 Å². The van der Waals surface area contributed by atoms with Crippen molar-refractivity contribution in [3.63, 3.8) is 0 Å². The Kier molecular flexibility index (Phi) is 4.92. The average Bonchev–Trinajstić information content (AvgIpc) is 3.34. The van der Waals surface area contributed by atoms with Crippen molar-refractivity contribution in [1.29, 1.82) is 0 Å². The highest BCUT2D eigenvalue weighted by Gasteiger charge is 2.21. The lowest BCUT2D eigenvalue weighted by Gasteiger charge is -2.11. The van der Waals surface area contributed by atoms with Gasteiger partial charge in [-0.1, -0.05) is 41.9 Å². The summed E-state index contributed by atoms with van der Waals surface area (Å²) in [5.41, 5.74) is 5.86. The molecule has 0 N–H and O–H groups in total. The molecule has 0 spiro atoms. The number of rotatable bonds is 4. The number of pyridine rings is 1. The molecule has 3 aromatic heterocycles. The molecule has 0 saturated heterocycles. The van der Waals surface area contributed by atoms with Gasteiger partial charge in [-0.15, -0.1) is 0 Å². The number of halogens is 1. The third kappa shape index (κ3) is 3.32. The summed E-state index contributed by atoms with van der Waals surface area (Å²) in [5.74, 6) is 0. The van der Waals surface area contributed by atoms with E-state index in [1.54, 1.807) is 38.1 Å². The van der Waals surface area contributed by atoms with E-state index in [1.165, 1.54) is 3.97 Å². The van der Waals surface area contributed by atoms with Crippen molar-refractivity contribution in [2.45, 2.75) is 18.7 Å². The second kappa shape index (κ2) is 7.65. The minimum atomic E-state index is -3.67. The van der Waals surface area contributed by atoms with E-state index in [0.717, 1.165) is 27.9 Å². The van der Waals surface area contributed by atoms with Crippen LogP contribution in [0, 0.1) is 13.8 Å². The van der Waals surface area contributed by atoms with Crippen LogP contribution in [0.4, 0.5) is 0 Å². The van der Waals surface area contributed by atoms with Crippen molar-refractivity contribution < 1.29 is 8.42 Å². The van der Waals surface area contributed by atoms with Gasteiger partial charge in [-0.2, -0.15) is 5.10 Å². The van der Waals surface area contributed by atoms with Crippen LogP contribution < -0.4 is 0 Å². The molecule has 0 fully saturated rings. The Labute approximate surface area is 191 Å². The Morgan fingerprint density at radius 2 is 1.41 bits per heavy atom. The van der Waals surface area contributed by atoms with E-state index in [-0.39, 0.29) is 4.90 Å². The summed E-state index contributed by atoms with van der Waals surface area (Å²) < 4.78 is 29.6. The molecule has 5 rings (SSSR count). The van der Waals surface area contributed by atoms with Gasteiger partial charge in [0.2, 0.25) is 0 Å². The second-order valence-electron chi connectivity index (χ2n) is 7.67. The Morgan fingerprint density at radius 3 is 2.06 bits per heavy atom. The van der Waals surface area contributed by atoms with E-state index in [9.17, 15) is 8.42 Å². The lowest BCUT2D eigenvalue weighted by Crippen LogP contribution is -2.15. The van der Waals surface area contributed by atoms with Crippen LogP contribution in [0.1, 0.15) is 11.4 Å². The van der Waals surface area contributed by atoms with Crippen molar-refractivity contribution in [2.75, 3.05) is 0 Å². The fourth-order valence-electron chi connectivity index (χ4n) is 4.03. The fourth-order valence-corrected chi connectivity index (χ4v) is 5.72. The zero-order chi connectivity index (χ0) is 22.5. The maximum absolute atomic E-state index is 13.2. The van der Waals surface area contributed by atoms with Crippen molar-refractivity contribution >= 4 is 27.1 Å². The molecule has 0 saturated carbocycles. The molecular formula is C25H20ClN3O2S. The number of nitrogens with zero attached hydrogens (tertiary/aromatic N) is 3. The number of benzene rings is 2. The first-order chi connectivity index (χ1) is 15.4. The molecule has 0 aliphatic carbocycles. The van der Waals surface area contributed by atoms with Gasteiger partial charge in [-0.05, 0) is 67.9 Å². The number of hydrogen-bond acceptors (Lipinski definition) is 3. The molecule has 0 unspecified atom stereocenters. The number of hydrogen-bond donors (Lipinski definition) is 0. The van der Waals surface area contributed by atoms with E-state index >= 15 is 0 Å². The summed E-state index contributed by atoms with van der Waals surface area (Å²) in [4.78, 5) is 0.244. The van der Waals surface area contributed by atoms with Crippen molar-refractivity contribution in [3.05, 3.63) is 101 Å². The second-order valence-corrected chi connectivity index (χ2v) is 9.89. The van der Waals surface area contributed by atoms with E-state index in [1.807, 2.05) is 65.3 Å². The van der Waals surface area contributed by atoms with Crippen LogP contribution in [0.3, 0.4) is 0 Å². The standard InChI is InChI=1S/C25H20ClN3O2S/c1-17-6-7-18(2)29(17)32(30,31)22-14-10-19(11-15-22)24-23-5-3-4-16-28(23)27-25(24)20-8-12-21(26)13-9-20/h3-16H,1-2H3. The maximum atomic E-state index is 13.2. The minimum absolute atomic E-state index is 0.244. The summed E-state index contributed by atoms with van der Waals surface area (Å²) in [6, 6.07) is 24.0. The SMILES string of the molecule is Cc1ccc(C)n1S(=O)(=O)c1ccc(-c2c(-c3ccc(Cl)cc3)nn3ccccc23)cc1. The Morgan fingerprint density at radius 1 is 0.781 bits per heavy atom. The van der Waals surface area contributed by atoms with Crippen LogP contribution in [0.15, 0.2) is 90.0 Å². The fraction of sp³-hybridized carbons (Fsp3) is 0.0800. The Hall–Kier alpha value is -3.35. The highest BCUT2D eigenvalue weighted by atomic mass is 35.5. The third-order valence-corrected chi connectivity index (χ3v) is 7.72. The summed E-state index contributed by atoms with van der Waals surface area (Å²) in [5, 5.41) is 5.43. The van der Waals surface area contributed by atoms with Gasteiger partial charge in [-0.3, -0.25) is 0 Å². The van der Waals surface area contributed by atoms with Gasteiger partial charge >= 0.3 is 0 Å². The maximum Gasteiger partial charge on any atom is 0.268 e. The molecule has 3 heterocycles. The molecule has 160 valence electrons. The Bertz CT molecular complexity index is 1530. The molecule has 0 atom stereocenters. The first-order valence-corrected chi connectivity index (χ1v) is 11.9. The largest absolute Gasteiger partial charge is 0.268 e. The topological polar surface area (TPSA) is 56.4 Å². The molecule has 2 aromatic carbocycles. The van der Waals surface area contributed by atoms with Gasteiger partial charge in [-0.25, -0.2) is 16.9 Å². The molecule has 7 heteroatoms. The molecule has 32 heavy (non-hydrogen) atoms. The minimum Gasteiger partial charge on any atom is -0.243 e. The molecule has 0 radical (unpaired) electrons. The van der Waals surface area contributed by atoms with Crippen molar-refractivity contribution in [2.24, 2.45) is 0 Å². The predicted octanol–water partition coefficient (Wildman–Crippen LogP) is 5.98. The number of fused-ring (bicyclic) bond motifs is 1. The average molecular weight is 462 g/mol. The van der Waals surface area contributed by atoms with Gasteiger partial charge in [0.1, 0.15) is 5.69 Å². The normalized spacial score (nSPS) is 11.8. The molecule has 5 nitrogen and oxygen atoms in total. The molecule has 0 amide bonds. The van der Waals surface area contributed by atoms with Gasteiger partial charge < -0.3 is 0 Å². The molecule has 0 bridgehead atoms. The summed E-state index contributed by atoms with van der Waals surface area (Å²) in [7, 11) is -3.67. The Balaban J connectivity index is 1.65. The van der Waals surface area contributed by atoms with Crippen LogP contribution >= 0.6 is 11.6 Å². The third-order valence-electron chi connectivity index (χ3n) is 5.55. The zero-order valence-electron chi connectivity index (χ0n) is 17.5. The van der Waals surface area contributed by atoms with Gasteiger partial charge in [0.05, 0.1) is 10.4 Å². The zero-order valence-corrected chi connectivity index (χ0v) is 19.1. The lowest BCUT2D eigenvalue weighted by atomic mass is 10.00. The number of aromatic nitrogens is 3. The van der Waals surface area contributed by atoms with E-state index < -0.39 is 10.0 Å². The monoisotopic (exact) mass is 461 g/mol. The highest BCUT2D eigenvalue weighted by molar-refractivity contribution is 7.90. The van der Waals surface area contributed by atoms with Crippen LogP contribution in [-0.2, 0) is 10.0 Å². The van der Waals surface area contributed by atoms with Crippen LogP contribution in [-0.4, -0.2) is 22.0 Å². The van der Waals surface area contributed by atoms with Crippen LogP contribution in [0.5, 0.6) is 0 Å².